The molecule has 1 aliphatic heterocycles. The Morgan fingerprint density at radius 2 is 2.35 bits per heavy atom. The molecule has 1 fully saturated rings. The minimum Gasteiger partial charge on any atom is -0.329 e. The van der Waals surface area contributed by atoms with Crippen molar-refractivity contribution in [3.05, 3.63) is 12.4 Å². The molecule has 0 aromatic carbocycles. The predicted molar refractivity (Wildman–Crippen MR) is 76.7 cm³/mol. The molecule has 1 aromatic rings. The first-order valence-corrected chi connectivity index (χ1v) is 8.51. The fourth-order valence-corrected chi connectivity index (χ4v) is 3.59. The summed E-state index contributed by atoms with van der Waals surface area (Å²) < 4.78 is 28.6. The minimum atomic E-state index is -3.48. The summed E-state index contributed by atoms with van der Waals surface area (Å²) in [6.07, 6.45) is 5.06. The van der Waals surface area contributed by atoms with Crippen LogP contribution in [0.15, 0.2) is 17.3 Å². The van der Waals surface area contributed by atoms with Crippen LogP contribution in [0.4, 0.5) is 0 Å². The van der Waals surface area contributed by atoms with Gasteiger partial charge >= 0.3 is 0 Å². The SMILES string of the molecule is CCN1CCCC1CNS(=O)(=O)c1cnn(CCN)c1. The van der Waals surface area contributed by atoms with Crippen LogP contribution < -0.4 is 10.5 Å². The normalized spacial score (nSPS) is 20.6. The van der Waals surface area contributed by atoms with Crippen molar-refractivity contribution in [2.75, 3.05) is 26.2 Å². The van der Waals surface area contributed by atoms with E-state index < -0.39 is 10.0 Å². The number of nitrogens with two attached hydrogens (primary N) is 1. The van der Waals surface area contributed by atoms with Gasteiger partial charge in [0.2, 0.25) is 10.0 Å². The van der Waals surface area contributed by atoms with E-state index in [0.717, 1.165) is 25.9 Å². The van der Waals surface area contributed by atoms with Crippen LogP contribution in [-0.2, 0) is 16.6 Å². The molecule has 2 rings (SSSR count). The monoisotopic (exact) mass is 301 g/mol. The molecule has 0 bridgehead atoms. The molecule has 3 N–H and O–H groups in total. The summed E-state index contributed by atoms with van der Waals surface area (Å²) in [6, 6.07) is 0.300. The van der Waals surface area contributed by atoms with E-state index in [-0.39, 0.29) is 4.90 Å². The molecule has 8 heteroatoms. The zero-order valence-corrected chi connectivity index (χ0v) is 12.6. The molecule has 0 amide bonds. The van der Waals surface area contributed by atoms with E-state index in [0.29, 0.717) is 25.7 Å². The molecule has 0 radical (unpaired) electrons. The molecule has 20 heavy (non-hydrogen) atoms. The van der Waals surface area contributed by atoms with Gasteiger partial charge in [-0.2, -0.15) is 5.10 Å². The summed E-state index contributed by atoms with van der Waals surface area (Å²) in [6.45, 7) is 5.52. The van der Waals surface area contributed by atoms with E-state index in [1.807, 2.05) is 0 Å². The van der Waals surface area contributed by atoms with Crippen molar-refractivity contribution in [3.8, 4) is 0 Å². The van der Waals surface area contributed by atoms with E-state index in [4.69, 9.17) is 5.73 Å². The highest BCUT2D eigenvalue weighted by molar-refractivity contribution is 7.89. The molecule has 0 aliphatic carbocycles. The van der Waals surface area contributed by atoms with Gasteiger partial charge in [-0.05, 0) is 25.9 Å². The third kappa shape index (κ3) is 3.57. The van der Waals surface area contributed by atoms with Gasteiger partial charge in [-0.3, -0.25) is 9.58 Å². The van der Waals surface area contributed by atoms with Gasteiger partial charge in [-0.25, -0.2) is 13.1 Å². The minimum absolute atomic E-state index is 0.201. The van der Waals surface area contributed by atoms with E-state index in [9.17, 15) is 8.42 Å². The van der Waals surface area contributed by atoms with Gasteiger partial charge in [0.1, 0.15) is 4.90 Å². The van der Waals surface area contributed by atoms with Crippen molar-refractivity contribution < 1.29 is 8.42 Å². The number of sulfonamides is 1. The zero-order chi connectivity index (χ0) is 14.6. The molecule has 1 aliphatic rings. The van der Waals surface area contributed by atoms with Crippen LogP contribution >= 0.6 is 0 Å². The van der Waals surface area contributed by atoms with Crippen LogP contribution in [0.3, 0.4) is 0 Å². The van der Waals surface area contributed by atoms with Crippen molar-refractivity contribution in [3.63, 3.8) is 0 Å². The summed E-state index contributed by atoms with van der Waals surface area (Å²) in [7, 11) is -3.48. The first-order chi connectivity index (χ1) is 9.56. The number of hydrogen-bond acceptors (Lipinski definition) is 5. The standard InChI is InChI=1S/C12H23N5O2S/c1-2-16-6-3-4-11(16)8-15-20(18,19)12-9-14-17(10-12)7-5-13/h9-11,15H,2-8,13H2,1H3. The first-order valence-electron chi connectivity index (χ1n) is 7.03. The maximum atomic E-state index is 12.2. The number of aromatic nitrogens is 2. The smallest absolute Gasteiger partial charge is 0.243 e. The van der Waals surface area contributed by atoms with Crippen LogP contribution in [-0.4, -0.2) is 55.3 Å². The predicted octanol–water partition coefficient (Wildman–Crippen LogP) is -0.396. The lowest BCUT2D eigenvalue weighted by atomic mass is 10.2. The lowest BCUT2D eigenvalue weighted by molar-refractivity contribution is 0.268. The van der Waals surface area contributed by atoms with Crippen molar-refractivity contribution in [1.82, 2.24) is 19.4 Å². The van der Waals surface area contributed by atoms with E-state index in [1.54, 1.807) is 4.68 Å². The van der Waals surface area contributed by atoms with Crippen molar-refractivity contribution in [2.24, 2.45) is 5.73 Å². The van der Waals surface area contributed by atoms with Gasteiger partial charge in [0, 0.05) is 25.3 Å². The maximum Gasteiger partial charge on any atom is 0.243 e. The second kappa shape index (κ2) is 6.66. The lowest BCUT2D eigenvalue weighted by Gasteiger charge is -2.22. The molecular weight excluding hydrogens is 278 g/mol. The molecular formula is C12H23N5O2S. The Bertz CT molecular complexity index is 528. The summed E-state index contributed by atoms with van der Waals surface area (Å²) >= 11 is 0. The molecule has 0 saturated carbocycles. The van der Waals surface area contributed by atoms with Gasteiger partial charge in [0.25, 0.3) is 0 Å². The molecule has 2 heterocycles. The van der Waals surface area contributed by atoms with Gasteiger partial charge < -0.3 is 5.73 Å². The number of likely N-dealkylation sites (N-methyl/N-ethyl adjacent to an activating group) is 1. The highest BCUT2D eigenvalue weighted by atomic mass is 32.2. The Balaban J connectivity index is 1.96. The second-order valence-corrected chi connectivity index (χ2v) is 6.77. The van der Waals surface area contributed by atoms with Crippen LogP contribution in [0.25, 0.3) is 0 Å². The quantitative estimate of drug-likeness (QED) is 0.715. The molecule has 1 saturated heterocycles. The van der Waals surface area contributed by atoms with E-state index >= 15 is 0 Å². The fraction of sp³-hybridized carbons (Fsp3) is 0.750. The lowest BCUT2D eigenvalue weighted by Crippen LogP contribution is -2.39. The maximum absolute atomic E-state index is 12.2. The average Bonchev–Trinajstić information content (AvgIpc) is 3.05. The zero-order valence-electron chi connectivity index (χ0n) is 11.8. The van der Waals surface area contributed by atoms with Crippen LogP contribution in [0.2, 0.25) is 0 Å². The number of nitrogens with zero attached hydrogens (tertiary/aromatic N) is 3. The molecule has 1 aromatic heterocycles. The molecule has 7 nitrogen and oxygen atoms in total. The Morgan fingerprint density at radius 3 is 3.05 bits per heavy atom. The molecule has 1 unspecified atom stereocenters. The summed E-state index contributed by atoms with van der Waals surface area (Å²) in [4.78, 5) is 2.51. The van der Waals surface area contributed by atoms with Gasteiger partial charge in [-0.1, -0.05) is 6.92 Å². The number of rotatable bonds is 7. The molecule has 0 spiro atoms. The van der Waals surface area contributed by atoms with Crippen molar-refractivity contribution >= 4 is 10.0 Å². The fourth-order valence-electron chi connectivity index (χ4n) is 2.57. The van der Waals surface area contributed by atoms with Crippen LogP contribution in [0, 0.1) is 0 Å². The molecule has 114 valence electrons. The average molecular weight is 301 g/mol. The van der Waals surface area contributed by atoms with Crippen LogP contribution in [0.5, 0.6) is 0 Å². The number of likely N-dealkylation sites (tertiary alicyclic amines) is 1. The van der Waals surface area contributed by atoms with Crippen molar-refractivity contribution in [2.45, 2.75) is 37.2 Å². The third-order valence-corrected chi connectivity index (χ3v) is 5.07. The number of hydrogen-bond donors (Lipinski definition) is 2. The first kappa shape index (κ1) is 15.4. The van der Waals surface area contributed by atoms with Gasteiger partial charge in [0.05, 0.1) is 12.7 Å². The Hall–Kier alpha value is -0.960. The Kier molecular flexibility index (Phi) is 5.14. The Morgan fingerprint density at radius 1 is 1.55 bits per heavy atom. The Labute approximate surface area is 120 Å². The highest BCUT2D eigenvalue weighted by Crippen LogP contribution is 2.16. The van der Waals surface area contributed by atoms with E-state index in [2.05, 4.69) is 21.6 Å². The molecule has 1 atom stereocenters. The van der Waals surface area contributed by atoms with Gasteiger partial charge in [-0.15, -0.1) is 0 Å². The number of nitrogens with one attached hydrogen (secondary N) is 1. The van der Waals surface area contributed by atoms with Crippen LogP contribution in [0.1, 0.15) is 19.8 Å². The van der Waals surface area contributed by atoms with Gasteiger partial charge in [0.15, 0.2) is 0 Å². The highest BCUT2D eigenvalue weighted by Gasteiger charge is 2.25. The summed E-state index contributed by atoms with van der Waals surface area (Å²) in [5, 5.41) is 3.99. The van der Waals surface area contributed by atoms with E-state index in [1.165, 1.54) is 12.4 Å². The topological polar surface area (TPSA) is 93.2 Å². The summed E-state index contributed by atoms with van der Waals surface area (Å²) in [5.41, 5.74) is 5.42. The largest absolute Gasteiger partial charge is 0.329 e. The third-order valence-electron chi connectivity index (χ3n) is 3.69. The summed E-state index contributed by atoms with van der Waals surface area (Å²) in [5.74, 6) is 0. The second-order valence-electron chi connectivity index (χ2n) is 5.00. The van der Waals surface area contributed by atoms with Crippen molar-refractivity contribution in [1.29, 1.82) is 0 Å².